The van der Waals surface area contributed by atoms with Gasteiger partial charge in [-0.25, -0.2) is 0 Å². The van der Waals surface area contributed by atoms with Crippen molar-refractivity contribution in [1.29, 1.82) is 0 Å². The molecular formula is C25H39N3O5S2. The average Bonchev–Trinajstić information content (AvgIpc) is 2.85. The van der Waals surface area contributed by atoms with E-state index in [1.54, 1.807) is 29.0 Å². The zero-order valence-corrected chi connectivity index (χ0v) is 22.8. The van der Waals surface area contributed by atoms with Gasteiger partial charge in [-0.3, -0.25) is 9.59 Å². The van der Waals surface area contributed by atoms with E-state index in [4.69, 9.17) is 14.2 Å². The Morgan fingerprint density at radius 1 is 1.17 bits per heavy atom. The van der Waals surface area contributed by atoms with Crippen LogP contribution in [0.25, 0.3) is 0 Å². The van der Waals surface area contributed by atoms with Gasteiger partial charge >= 0.3 is 0 Å². The summed E-state index contributed by atoms with van der Waals surface area (Å²) in [5.41, 5.74) is 0.317. The van der Waals surface area contributed by atoms with Gasteiger partial charge in [0.15, 0.2) is 0 Å². The molecule has 2 amide bonds. The number of hydrogen-bond acceptors (Lipinski definition) is 8. The summed E-state index contributed by atoms with van der Waals surface area (Å²) in [4.78, 5) is 24.0. The van der Waals surface area contributed by atoms with Gasteiger partial charge in [-0.15, -0.1) is 0 Å². The molecule has 0 aliphatic carbocycles. The quantitative estimate of drug-likeness (QED) is 0.117. The summed E-state index contributed by atoms with van der Waals surface area (Å²) in [6.45, 7) is 6.70. The third-order valence-electron chi connectivity index (χ3n) is 4.56. The highest BCUT2D eigenvalue weighted by Gasteiger charge is 2.12. The molecule has 2 atom stereocenters. The molecule has 0 aliphatic rings. The summed E-state index contributed by atoms with van der Waals surface area (Å²) in [5, 5.41) is 8.56. The SMILES string of the molecule is CCCC(C)C#CCNC(=O)COCCOC(COc1cccc(C(=O)NCCNC)c1)SSC. The number of amides is 2. The first-order chi connectivity index (χ1) is 17.0. The molecule has 1 aromatic rings. The minimum Gasteiger partial charge on any atom is -0.490 e. The fraction of sp³-hybridized carbons (Fsp3) is 0.600. The Balaban J connectivity index is 2.30. The minimum absolute atomic E-state index is 0.0322. The Labute approximate surface area is 217 Å². The lowest BCUT2D eigenvalue weighted by molar-refractivity contribution is -0.126. The molecule has 0 fully saturated rings. The van der Waals surface area contributed by atoms with E-state index in [9.17, 15) is 9.59 Å². The summed E-state index contributed by atoms with van der Waals surface area (Å²) >= 11 is 0. The van der Waals surface area contributed by atoms with Crippen LogP contribution < -0.4 is 20.7 Å². The summed E-state index contributed by atoms with van der Waals surface area (Å²) < 4.78 is 17.1. The number of likely N-dealkylation sites (N-methyl/N-ethyl adjacent to an activating group) is 1. The highest BCUT2D eigenvalue weighted by atomic mass is 33.1. The molecule has 0 radical (unpaired) electrons. The molecule has 35 heavy (non-hydrogen) atoms. The molecule has 196 valence electrons. The van der Waals surface area contributed by atoms with Crippen molar-refractivity contribution in [2.24, 2.45) is 5.92 Å². The molecule has 8 nitrogen and oxygen atoms in total. The second-order valence-electron chi connectivity index (χ2n) is 7.60. The topological polar surface area (TPSA) is 97.9 Å². The minimum atomic E-state index is -0.226. The molecule has 1 aromatic carbocycles. The smallest absolute Gasteiger partial charge is 0.251 e. The van der Waals surface area contributed by atoms with Gasteiger partial charge in [0.1, 0.15) is 24.4 Å². The highest BCUT2D eigenvalue weighted by molar-refractivity contribution is 8.76. The van der Waals surface area contributed by atoms with Gasteiger partial charge in [0, 0.05) is 24.6 Å². The molecular weight excluding hydrogens is 486 g/mol. The van der Waals surface area contributed by atoms with Crippen LogP contribution in [-0.4, -0.2) is 76.6 Å². The van der Waals surface area contributed by atoms with Gasteiger partial charge in [0.2, 0.25) is 5.91 Å². The molecule has 0 aliphatic heterocycles. The van der Waals surface area contributed by atoms with E-state index in [-0.39, 0.29) is 23.9 Å². The molecule has 1 rings (SSSR count). The van der Waals surface area contributed by atoms with Crippen molar-refractivity contribution in [3.63, 3.8) is 0 Å². The van der Waals surface area contributed by atoms with Crippen LogP contribution in [0, 0.1) is 17.8 Å². The maximum absolute atomic E-state index is 12.2. The van der Waals surface area contributed by atoms with Crippen LogP contribution in [0.5, 0.6) is 5.75 Å². The van der Waals surface area contributed by atoms with E-state index >= 15 is 0 Å². The number of nitrogens with one attached hydrogen (secondary N) is 3. The van der Waals surface area contributed by atoms with Crippen LogP contribution in [0.3, 0.4) is 0 Å². The normalized spacial score (nSPS) is 12.2. The highest BCUT2D eigenvalue weighted by Crippen LogP contribution is 2.25. The number of benzene rings is 1. The number of hydrogen-bond donors (Lipinski definition) is 3. The summed E-state index contributed by atoms with van der Waals surface area (Å²) in [6, 6.07) is 7.06. The second-order valence-corrected chi connectivity index (χ2v) is 10.2. The fourth-order valence-corrected chi connectivity index (χ4v) is 4.30. The van der Waals surface area contributed by atoms with E-state index in [2.05, 4.69) is 41.6 Å². The van der Waals surface area contributed by atoms with Crippen molar-refractivity contribution in [1.82, 2.24) is 16.0 Å². The Morgan fingerprint density at radius 2 is 2.00 bits per heavy atom. The first-order valence-corrected chi connectivity index (χ1v) is 14.4. The molecule has 0 bridgehead atoms. The molecule has 0 heterocycles. The molecule has 0 saturated heterocycles. The first kappa shape index (κ1) is 31.1. The van der Waals surface area contributed by atoms with Crippen LogP contribution >= 0.6 is 21.6 Å². The van der Waals surface area contributed by atoms with Crippen molar-refractivity contribution in [2.45, 2.75) is 32.1 Å². The monoisotopic (exact) mass is 525 g/mol. The van der Waals surface area contributed by atoms with Crippen LogP contribution in [0.15, 0.2) is 24.3 Å². The van der Waals surface area contributed by atoms with E-state index in [0.29, 0.717) is 56.7 Å². The third-order valence-corrected chi connectivity index (χ3v) is 6.46. The van der Waals surface area contributed by atoms with Crippen molar-refractivity contribution < 1.29 is 23.8 Å². The second kappa shape index (κ2) is 20.3. The van der Waals surface area contributed by atoms with Crippen LogP contribution in [0.1, 0.15) is 37.0 Å². The van der Waals surface area contributed by atoms with Gasteiger partial charge in [0.25, 0.3) is 5.91 Å². The number of rotatable bonds is 18. The molecule has 3 N–H and O–H groups in total. The summed E-state index contributed by atoms with van der Waals surface area (Å²) in [7, 11) is 4.94. The molecule has 0 spiro atoms. The molecule has 2 unspecified atom stereocenters. The van der Waals surface area contributed by atoms with Crippen LogP contribution in [-0.2, 0) is 14.3 Å². The third kappa shape index (κ3) is 15.7. The molecule has 0 saturated carbocycles. The Bertz CT molecular complexity index is 801. The van der Waals surface area contributed by atoms with Gasteiger partial charge in [-0.1, -0.05) is 59.8 Å². The van der Waals surface area contributed by atoms with Gasteiger partial charge < -0.3 is 30.2 Å². The predicted molar refractivity (Wildman–Crippen MR) is 145 cm³/mol. The van der Waals surface area contributed by atoms with Crippen molar-refractivity contribution in [3.05, 3.63) is 29.8 Å². The zero-order chi connectivity index (χ0) is 25.7. The van der Waals surface area contributed by atoms with Gasteiger partial charge in [-0.2, -0.15) is 0 Å². The van der Waals surface area contributed by atoms with Gasteiger partial charge in [-0.05, 0) is 37.9 Å². The summed E-state index contributed by atoms with van der Waals surface area (Å²) in [5.74, 6) is 6.70. The standard InChI is InChI=1S/C25H39N3O5S2/c1-5-8-20(2)9-7-12-27-23(29)18-31-15-16-32-24(35-34-4)19-33-22-11-6-10-21(17-22)25(30)28-14-13-26-3/h6,10-11,17,20,24,26H,5,8,12-16,18-19H2,1-4H3,(H,27,29)(H,28,30). The average molecular weight is 526 g/mol. The maximum Gasteiger partial charge on any atom is 0.251 e. The van der Waals surface area contributed by atoms with Crippen LogP contribution in [0.2, 0.25) is 0 Å². The van der Waals surface area contributed by atoms with Crippen molar-refractivity contribution in [2.75, 3.05) is 59.4 Å². The lowest BCUT2D eigenvalue weighted by Gasteiger charge is -2.17. The van der Waals surface area contributed by atoms with Crippen molar-refractivity contribution >= 4 is 33.4 Å². The Morgan fingerprint density at radius 3 is 2.74 bits per heavy atom. The zero-order valence-electron chi connectivity index (χ0n) is 21.2. The first-order valence-electron chi connectivity index (χ1n) is 11.8. The Hall–Kier alpha value is -1.90. The van der Waals surface area contributed by atoms with Gasteiger partial charge in [0.05, 0.1) is 19.8 Å². The van der Waals surface area contributed by atoms with E-state index < -0.39 is 0 Å². The number of carbonyl (C=O) groups excluding carboxylic acids is 2. The largest absolute Gasteiger partial charge is 0.490 e. The lowest BCUT2D eigenvalue weighted by Crippen LogP contribution is -2.30. The predicted octanol–water partition coefficient (Wildman–Crippen LogP) is 2.94. The van der Waals surface area contributed by atoms with E-state index in [1.165, 1.54) is 10.8 Å². The fourth-order valence-electron chi connectivity index (χ4n) is 2.83. The summed E-state index contributed by atoms with van der Waals surface area (Å²) in [6.07, 6.45) is 4.12. The van der Waals surface area contributed by atoms with Crippen molar-refractivity contribution in [3.8, 4) is 17.6 Å². The number of ether oxygens (including phenoxy) is 3. The maximum atomic E-state index is 12.2. The Kier molecular flexibility index (Phi) is 18.1. The molecule has 0 aromatic heterocycles. The molecule has 10 heteroatoms. The van der Waals surface area contributed by atoms with E-state index in [0.717, 1.165) is 12.8 Å². The van der Waals surface area contributed by atoms with Crippen LogP contribution in [0.4, 0.5) is 0 Å². The number of carbonyl (C=O) groups is 2. The lowest BCUT2D eigenvalue weighted by atomic mass is 10.1. The van der Waals surface area contributed by atoms with E-state index in [1.807, 2.05) is 19.4 Å².